The summed E-state index contributed by atoms with van der Waals surface area (Å²) >= 11 is 0. The van der Waals surface area contributed by atoms with Gasteiger partial charge >= 0.3 is 0 Å². The van der Waals surface area contributed by atoms with Gasteiger partial charge in [-0.2, -0.15) is 0 Å². The molecule has 2 amide bonds. The molecule has 0 radical (unpaired) electrons. The molecule has 1 saturated heterocycles. The molecule has 0 aromatic heterocycles. The molecule has 3 rings (SSSR count). The molecule has 1 aliphatic heterocycles. The predicted octanol–water partition coefficient (Wildman–Crippen LogP) is -0.658. The third-order valence-corrected chi connectivity index (χ3v) is 5.70. The second-order valence-corrected chi connectivity index (χ2v) is 7.91. The fourth-order valence-corrected chi connectivity index (χ4v) is 3.70. The van der Waals surface area contributed by atoms with Crippen LogP contribution in [0.3, 0.4) is 0 Å². The van der Waals surface area contributed by atoms with E-state index in [1.54, 1.807) is 0 Å². The number of hydrogen-bond donors (Lipinski definition) is 4. The van der Waals surface area contributed by atoms with Crippen LogP contribution in [0, 0.1) is 13.8 Å². The Bertz CT molecular complexity index is 830. The van der Waals surface area contributed by atoms with Gasteiger partial charge in [-0.15, -0.1) is 0 Å². The molecule has 1 aliphatic rings. The number of nitrogens with one attached hydrogen (secondary N) is 4. The summed E-state index contributed by atoms with van der Waals surface area (Å²) in [5, 5.41) is 6.04. The van der Waals surface area contributed by atoms with Crippen LogP contribution >= 0.6 is 0 Å². The van der Waals surface area contributed by atoms with Gasteiger partial charge in [-0.3, -0.25) is 9.59 Å². The Morgan fingerprint density at radius 2 is 1.45 bits per heavy atom. The van der Waals surface area contributed by atoms with Gasteiger partial charge in [0.15, 0.2) is 13.1 Å². The van der Waals surface area contributed by atoms with Crippen molar-refractivity contribution >= 4 is 17.5 Å². The molecule has 6 heteroatoms. The molecule has 2 aromatic carbocycles. The largest absolute Gasteiger partial charge is 0.347 e. The first kappa shape index (κ1) is 21.0. The second kappa shape index (κ2) is 10.2. The van der Waals surface area contributed by atoms with Crippen molar-refractivity contribution in [2.45, 2.75) is 20.4 Å². The van der Waals surface area contributed by atoms with E-state index in [0.717, 1.165) is 43.0 Å². The fourth-order valence-electron chi connectivity index (χ4n) is 3.70. The van der Waals surface area contributed by atoms with Crippen LogP contribution in [0.5, 0.6) is 0 Å². The van der Waals surface area contributed by atoms with Crippen LogP contribution < -0.4 is 20.4 Å². The van der Waals surface area contributed by atoms with E-state index < -0.39 is 0 Å². The number of anilines is 1. The summed E-state index contributed by atoms with van der Waals surface area (Å²) < 4.78 is 0. The number of benzene rings is 2. The zero-order chi connectivity index (χ0) is 20.6. The van der Waals surface area contributed by atoms with Crippen molar-refractivity contribution < 1.29 is 19.4 Å². The number of amides is 2. The molecule has 0 aliphatic carbocycles. The Morgan fingerprint density at radius 1 is 0.828 bits per heavy atom. The Kier molecular flexibility index (Phi) is 7.38. The van der Waals surface area contributed by atoms with Crippen LogP contribution in [0.2, 0.25) is 0 Å². The third kappa shape index (κ3) is 6.41. The van der Waals surface area contributed by atoms with E-state index in [4.69, 9.17) is 0 Å². The first-order chi connectivity index (χ1) is 14.0. The maximum absolute atomic E-state index is 12.4. The number of rotatable bonds is 7. The lowest BCUT2D eigenvalue weighted by molar-refractivity contribution is -1.00. The first-order valence-electron chi connectivity index (χ1n) is 10.3. The van der Waals surface area contributed by atoms with E-state index in [-0.39, 0.29) is 11.8 Å². The summed E-state index contributed by atoms with van der Waals surface area (Å²) in [4.78, 5) is 27.2. The van der Waals surface area contributed by atoms with Gasteiger partial charge in [-0.05, 0) is 36.6 Å². The van der Waals surface area contributed by atoms with Gasteiger partial charge in [0, 0.05) is 12.2 Å². The Balaban J connectivity index is 1.37. The minimum absolute atomic E-state index is 0.0535. The topological polar surface area (TPSA) is 67.1 Å². The van der Waals surface area contributed by atoms with Gasteiger partial charge in [0.05, 0.1) is 0 Å². The van der Waals surface area contributed by atoms with Crippen LogP contribution in [0.1, 0.15) is 16.7 Å². The van der Waals surface area contributed by atoms with E-state index in [1.165, 1.54) is 15.4 Å². The lowest BCUT2D eigenvalue weighted by Crippen LogP contribution is -3.28. The summed E-state index contributed by atoms with van der Waals surface area (Å²) in [5.74, 6) is 0.137. The average molecular weight is 397 g/mol. The third-order valence-electron chi connectivity index (χ3n) is 5.70. The maximum atomic E-state index is 12.4. The summed E-state index contributed by atoms with van der Waals surface area (Å²) in [6, 6.07) is 15.9. The molecule has 0 atom stereocenters. The molecule has 2 aromatic rings. The number of hydrogen-bond acceptors (Lipinski definition) is 2. The number of carbonyl (C=O) groups is 2. The summed E-state index contributed by atoms with van der Waals surface area (Å²) in [6.45, 7) is 9.24. The van der Waals surface area contributed by atoms with Gasteiger partial charge in [0.2, 0.25) is 0 Å². The predicted molar refractivity (Wildman–Crippen MR) is 114 cm³/mol. The molecule has 6 nitrogen and oxygen atoms in total. The normalized spacial score (nSPS) is 18.8. The van der Waals surface area contributed by atoms with Gasteiger partial charge < -0.3 is 20.4 Å². The lowest BCUT2D eigenvalue weighted by Gasteiger charge is -2.29. The highest BCUT2D eigenvalue weighted by atomic mass is 16.2. The molecule has 1 heterocycles. The molecule has 1 fully saturated rings. The monoisotopic (exact) mass is 396 g/mol. The quantitative estimate of drug-likeness (QED) is 0.502. The van der Waals surface area contributed by atoms with Gasteiger partial charge in [-0.25, -0.2) is 0 Å². The van der Waals surface area contributed by atoms with Gasteiger partial charge in [-0.1, -0.05) is 42.5 Å². The average Bonchev–Trinajstić information content (AvgIpc) is 2.72. The number of piperazine rings is 1. The smallest absolute Gasteiger partial charge is 0.279 e. The van der Waals surface area contributed by atoms with Crippen LogP contribution in [0.25, 0.3) is 0 Å². The minimum Gasteiger partial charge on any atom is -0.347 e. The standard InChI is InChI=1S/C23H30N4O2/c1-18-7-6-10-21(19(18)2)25-23(29)17-27-13-11-26(12-14-27)16-22(28)24-15-20-8-4-3-5-9-20/h3-10H,11-17H2,1-2H3,(H,24,28)(H,25,29)/p+2. The van der Waals surface area contributed by atoms with Crippen molar-refractivity contribution in [2.24, 2.45) is 0 Å². The van der Waals surface area contributed by atoms with Crippen LogP contribution in [0.4, 0.5) is 5.69 Å². The van der Waals surface area contributed by atoms with Crippen LogP contribution in [-0.4, -0.2) is 51.1 Å². The van der Waals surface area contributed by atoms with Crippen molar-refractivity contribution in [3.05, 3.63) is 65.2 Å². The molecule has 154 valence electrons. The number of quaternary nitrogens is 2. The Labute approximate surface area is 172 Å². The molecule has 29 heavy (non-hydrogen) atoms. The zero-order valence-electron chi connectivity index (χ0n) is 17.4. The lowest BCUT2D eigenvalue weighted by atomic mass is 10.1. The van der Waals surface area contributed by atoms with Crippen LogP contribution in [0.15, 0.2) is 48.5 Å². The van der Waals surface area contributed by atoms with Crippen LogP contribution in [-0.2, 0) is 16.1 Å². The van der Waals surface area contributed by atoms with Gasteiger partial charge in [0.25, 0.3) is 11.8 Å². The van der Waals surface area contributed by atoms with Crippen molar-refractivity contribution in [1.29, 1.82) is 0 Å². The SMILES string of the molecule is Cc1cccc(NC(=O)C[NH+]2CC[NH+](CC(=O)NCc3ccccc3)CC2)c1C. The number of carbonyl (C=O) groups excluding carboxylic acids is 2. The second-order valence-electron chi connectivity index (χ2n) is 7.91. The highest BCUT2D eigenvalue weighted by Gasteiger charge is 2.26. The zero-order valence-corrected chi connectivity index (χ0v) is 17.4. The Morgan fingerprint density at radius 3 is 2.10 bits per heavy atom. The van der Waals surface area contributed by atoms with E-state index in [2.05, 4.69) is 10.6 Å². The molecular weight excluding hydrogens is 364 g/mol. The summed E-state index contributed by atoms with van der Waals surface area (Å²) in [7, 11) is 0. The molecule has 0 bridgehead atoms. The molecule has 0 unspecified atom stereocenters. The van der Waals surface area contributed by atoms with Crippen molar-refractivity contribution in [1.82, 2.24) is 5.32 Å². The van der Waals surface area contributed by atoms with E-state index in [9.17, 15) is 9.59 Å². The van der Waals surface area contributed by atoms with Crippen molar-refractivity contribution in [3.8, 4) is 0 Å². The molecule has 0 saturated carbocycles. The van der Waals surface area contributed by atoms with Crippen molar-refractivity contribution in [3.63, 3.8) is 0 Å². The Hall–Kier alpha value is -2.70. The molecule has 4 N–H and O–H groups in total. The maximum Gasteiger partial charge on any atom is 0.279 e. The first-order valence-corrected chi connectivity index (χ1v) is 10.3. The number of aryl methyl sites for hydroxylation is 1. The van der Waals surface area contributed by atoms with Gasteiger partial charge in [0.1, 0.15) is 26.2 Å². The van der Waals surface area contributed by atoms with Crippen molar-refractivity contribution in [2.75, 3.05) is 44.6 Å². The minimum atomic E-state index is 0.0535. The fraction of sp³-hybridized carbons (Fsp3) is 0.391. The molecular formula is C23H32N4O2+2. The summed E-state index contributed by atoms with van der Waals surface area (Å²) in [5.41, 5.74) is 4.30. The highest BCUT2D eigenvalue weighted by Crippen LogP contribution is 2.17. The molecule has 0 spiro atoms. The summed E-state index contributed by atoms with van der Waals surface area (Å²) in [6.07, 6.45) is 0. The van der Waals surface area contributed by atoms with E-state index >= 15 is 0 Å². The van der Waals surface area contributed by atoms with E-state index in [1.807, 2.05) is 62.4 Å². The van der Waals surface area contributed by atoms with E-state index in [0.29, 0.717) is 19.6 Å². The highest BCUT2D eigenvalue weighted by molar-refractivity contribution is 5.92.